The monoisotopic (exact) mass is 307 g/mol. The van der Waals surface area contributed by atoms with Crippen molar-refractivity contribution in [2.45, 2.75) is 19.7 Å². The zero-order valence-corrected chi connectivity index (χ0v) is 13.2. The summed E-state index contributed by atoms with van der Waals surface area (Å²) in [6, 6.07) is 8.03. The summed E-state index contributed by atoms with van der Waals surface area (Å²) in [6.07, 6.45) is 2.41. The van der Waals surface area contributed by atoms with Gasteiger partial charge in [-0.2, -0.15) is 8.42 Å². The normalized spacial score (nSPS) is 11.7. The molecular weight excluding hydrogens is 289 g/mol. The molecule has 0 saturated heterocycles. The summed E-state index contributed by atoms with van der Waals surface area (Å²) in [7, 11) is -1.32. The van der Waals surface area contributed by atoms with Crippen LogP contribution in [-0.4, -0.2) is 34.1 Å². The lowest BCUT2D eigenvalue weighted by Crippen LogP contribution is -2.06. The second-order valence-electron chi connectivity index (χ2n) is 4.85. The van der Waals surface area contributed by atoms with Crippen molar-refractivity contribution in [1.82, 2.24) is 4.98 Å². The smallest absolute Gasteiger partial charge is 0.264 e. The van der Waals surface area contributed by atoms with Crippen molar-refractivity contribution in [3.8, 4) is 11.5 Å². The van der Waals surface area contributed by atoms with Crippen LogP contribution in [0.25, 0.3) is 11.5 Å². The van der Waals surface area contributed by atoms with Crippen molar-refractivity contribution >= 4 is 18.0 Å². The van der Waals surface area contributed by atoms with Crippen molar-refractivity contribution in [2.24, 2.45) is 0 Å². The highest BCUT2D eigenvalue weighted by atomic mass is 32.2. The minimum Gasteiger partial charge on any atom is -0.441 e. The molecule has 0 unspecified atom stereocenters. The van der Waals surface area contributed by atoms with Crippen molar-refractivity contribution < 1.29 is 17.0 Å². The van der Waals surface area contributed by atoms with Crippen LogP contribution >= 0.6 is 0 Å². The molecule has 0 fully saturated rings. The van der Waals surface area contributed by atoms with Gasteiger partial charge < -0.3 is 4.42 Å². The topological polar surface area (TPSA) is 69.4 Å². The molecule has 2 aromatic rings. The number of aryl methyl sites for hydroxylation is 1. The van der Waals surface area contributed by atoms with E-state index in [1.807, 2.05) is 31.2 Å². The van der Waals surface area contributed by atoms with Gasteiger partial charge in [0.2, 0.25) is 5.89 Å². The maximum Gasteiger partial charge on any atom is 0.264 e. The van der Waals surface area contributed by atoms with Crippen LogP contribution in [0.5, 0.6) is 0 Å². The molecule has 0 saturated carbocycles. The summed E-state index contributed by atoms with van der Waals surface area (Å²) in [5, 5.41) is 0. The molecule has 2 rings (SSSR count). The molecule has 0 atom stereocenters. The molecule has 7 heteroatoms. The third-order valence-electron chi connectivity index (χ3n) is 3.14. The van der Waals surface area contributed by atoms with E-state index in [-0.39, 0.29) is 6.61 Å². The van der Waals surface area contributed by atoms with Gasteiger partial charge in [0.25, 0.3) is 10.1 Å². The Bertz CT molecular complexity index is 707. The molecule has 0 spiro atoms. The highest BCUT2D eigenvalue weighted by Crippen LogP contribution is 2.22. The largest absolute Gasteiger partial charge is 0.441 e. The van der Waals surface area contributed by atoms with Gasteiger partial charge in [-0.3, -0.25) is 4.18 Å². The molecular formula is C14H18BNO4S. The van der Waals surface area contributed by atoms with E-state index >= 15 is 0 Å². The number of aromatic nitrogens is 1. The van der Waals surface area contributed by atoms with Gasteiger partial charge in [-0.25, -0.2) is 4.98 Å². The first kappa shape index (κ1) is 15.8. The maximum atomic E-state index is 10.9. The lowest BCUT2D eigenvalue weighted by Gasteiger charge is -1.99. The van der Waals surface area contributed by atoms with Crippen LogP contribution in [0.3, 0.4) is 0 Å². The minimum absolute atomic E-state index is 0.0699. The Labute approximate surface area is 125 Å². The summed E-state index contributed by atoms with van der Waals surface area (Å²) >= 11 is 0. The molecule has 0 bridgehead atoms. The lowest BCUT2D eigenvalue weighted by molar-refractivity contribution is 0.324. The van der Waals surface area contributed by atoms with Gasteiger partial charge >= 0.3 is 0 Å². The van der Waals surface area contributed by atoms with Gasteiger partial charge in [-0.05, 0) is 19.1 Å². The number of hydrogen-bond acceptors (Lipinski definition) is 5. The first-order valence-corrected chi connectivity index (χ1v) is 8.60. The van der Waals surface area contributed by atoms with E-state index in [0.717, 1.165) is 18.1 Å². The number of oxazole rings is 1. The van der Waals surface area contributed by atoms with Crippen LogP contribution in [0.4, 0.5) is 0 Å². The first-order valence-electron chi connectivity index (χ1n) is 6.79. The van der Waals surface area contributed by atoms with Gasteiger partial charge in [0.1, 0.15) is 13.6 Å². The van der Waals surface area contributed by atoms with E-state index in [2.05, 4.69) is 12.8 Å². The number of rotatable bonds is 6. The van der Waals surface area contributed by atoms with Crippen LogP contribution in [0, 0.1) is 6.92 Å². The summed E-state index contributed by atoms with van der Waals surface area (Å²) in [5.41, 5.74) is 2.88. The number of nitrogens with zero attached hydrogens (tertiary/aromatic N) is 1. The Balaban J connectivity index is 2.10. The zero-order chi connectivity index (χ0) is 15.5. The molecule has 0 aliphatic carbocycles. The molecule has 0 aliphatic heterocycles. The Morgan fingerprint density at radius 3 is 2.52 bits per heavy atom. The second-order valence-corrected chi connectivity index (χ2v) is 6.49. The van der Waals surface area contributed by atoms with Gasteiger partial charge in [0, 0.05) is 12.0 Å². The first-order chi connectivity index (χ1) is 9.89. The lowest BCUT2D eigenvalue weighted by atomic mass is 9.96. The third kappa shape index (κ3) is 4.44. The van der Waals surface area contributed by atoms with Crippen molar-refractivity contribution in [3.63, 3.8) is 0 Å². The molecule has 1 aromatic carbocycles. The summed E-state index contributed by atoms with van der Waals surface area (Å²) in [6.45, 7) is 1.88. The Hall–Kier alpha value is -1.60. The van der Waals surface area contributed by atoms with Crippen molar-refractivity contribution in [2.75, 3.05) is 12.9 Å². The molecule has 112 valence electrons. The zero-order valence-electron chi connectivity index (χ0n) is 12.4. The predicted molar refractivity (Wildman–Crippen MR) is 83.4 cm³/mol. The average molecular weight is 307 g/mol. The average Bonchev–Trinajstić information content (AvgIpc) is 2.79. The minimum atomic E-state index is -3.42. The van der Waals surface area contributed by atoms with Crippen molar-refractivity contribution in [1.29, 1.82) is 0 Å². The van der Waals surface area contributed by atoms with E-state index < -0.39 is 10.1 Å². The Kier molecular flexibility index (Phi) is 4.85. The van der Waals surface area contributed by atoms with E-state index in [1.54, 1.807) is 0 Å². The van der Waals surface area contributed by atoms with Crippen LogP contribution < -0.4 is 0 Å². The third-order valence-corrected chi connectivity index (χ3v) is 3.73. The van der Waals surface area contributed by atoms with E-state index in [9.17, 15) is 8.42 Å². The van der Waals surface area contributed by atoms with Crippen LogP contribution in [-0.2, 0) is 27.0 Å². The highest BCUT2D eigenvalue weighted by molar-refractivity contribution is 7.85. The standard InChI is InChI=1S/C14H18BNO4S/c1-10-13(7-8-19-21(2,17)18)16-14(20-10)12-5-3-11(9-15)4-6-12/h3-6H,7-9,15H2,1-2H3. The van der Waals surface area contributed by atoms with E-state index in [4.69, 9.17) is 8.60 Å². The summed E-state index contributed by atoms with van der Waals surface area (Å²) in [5.74, 6) is 1.23. The summed E-state index contributed by atoms with van der Waals surface area (Å²) in [4.78, 5) is 4.41. The Morgan fingerprint density at radius 2 is 1.95 bits per heavy atom. The quantitative estimate of drug-likeness (QED) is 0.594. The molecule has 1 heterocycles. The second kappa shape index (κ2) is 6.45. The SMILES string of the molecule is BCc1ccc(-c2nc(CCOS(C)(=O)=O)c(C)o2)cc1. The predicted octanol–water partition coefficient (Wildman–Crippen LogP) is 1.30. The molecule has 21 heavy (non-hydrogen) atoms. The molecule has 0 amide bonds. The fourth-order valence-electron chi connectivity index (χ4n) is 1.96. The van der Waals surface area contributed by atoms with Crippen LogP contribution in [0.15, 0.2) is 28.7 Å². The van der Waals surface area contributed by atoms with Gasteiger partial charge in [-0.1, -0.05) is 24.0 Å². The van der Waals surface area contributed by atoms with E-state index in [0.29, 0.717) is 23.8 Å². The maximum absolute atomic E-state index is 10.9. The van der Waals surface area contributed by atoms with Gasteiger partial charge in [-0.15, -0.1) is 0 Å². The number of benzene rings is 1. The fraction of sp³-hybridized carbons (Fsp3) is 0.357. The Morgan fingerprint density at radius 1 is 1.29 bits per heavy atom. The molecule has 0 radical (unpaired) electrons. The van der Waals surface area contributed by atoms with Gasteiger partial charge in [0.15, 0.2) is 0 Å². The molecule has 0 N–H and O–H groups in total. The molecule has 1 aromatic heterocycles. The number of hydrogen-bond donors (Lipinski definition) is 0. The molecule has 5 nitrogen and oxygen atoms in total. The van der Waals surface area contributed by atoms with E-state index in [1.165, 1.54) is 5.56 Å². The summed E-state index contributed by atoms with van der Waals surface area (Å²) < 4.78 is 32.2. The van der Waals surface area contributed by atoms with Gasteiger partial charge in [0.05, 0.1) is 18.6 Å². The van der Waals surface area contributed by atoms with Crippen LogP contribution in [0.2, 0.25) is 0 Å². The fourth-order valence-corrected chi connectivity index (χ4v) is 2.34. The van der Waals surface area contributed by atoms with Crippen molar-refractivity contribution in [3.05, 3.63) is 41.3 Å². The highest BCUT2D eigenvalue weighted by Gasteiger charge is 2.12. The van der Waals surface area contributed by atoms with Crippen LogP contribution in [0.1, 0.15) is 17.0 Å². The molecule has 0 aliphatic rings.